The molecular weight excluding hydrogens is 280 g/mol. The van der Waals surface area contributed by atoms with Crippen molar-refractivity contribution >= 4 is 5.91 Å². The van der Waals surface area contributed by atoms with E-state index < -0.39 is 0 Å². The third-order valence-electron chi connectivity index (χ3n) is 3.91. The molecule has 3 heterocycles. The maximum absolute atomic E-state index is 12.0. The minimum atomic E-state index is -0.108. The molecule has 1 amide bonds. The SMILES string of the molecule is O=C(NCC1CCCN(Cc2ncc[nH]2)C1)c1cncnc1. The van der Waals surface area contributed by atoms with Crippen LogP contribution in [0.5, 0.6) is 0 Å². The van der Waals surface area contributed by atoms with Crippen LogP contribution in [0.25, 0.3) is 0 Å². The van der Waals surface area contributed by atoms with Crippen LogP contribution in [0.2, 0.25) is 0 Å². The van der Waals surface area contributed by atoms with E-state index in [9.17, 15) is 4.79 Å². The van der Waals surface area contributed by atoms with Gasteiger partial charge in [-0.25, -0.2) is 15.0 Å². The van der Waals surface area contributed by atoms with E-state index in [2.05, 4.69) is 30.2 Å². The maximum atomic E-state index is 12.0. The third kappa shape index (κ3) is 3.88. The second kappa shape index (κ2) is 7.13. The zero-order chi connectivity index (χ0) is 15.2. The molecule has 116 valence electrons. The molecule has 2 aromatic rings. The van der Waals surface area contributed by atoms with Crippen molar-refractivity contribution in [1.82, 2.24) is 30.2 Å². The van der Waals surface area contributed by atoms with Crippen LogP contribution in [-0.2, 0) is 6.54 Å². The highest BCUT2D eigenvalue weighted by Gasteiger charge is 2.21. The number of carbonyl (C=O) groups is 1. The quantitative estimate of drug-likeness (QED) is 0.854. The summed E-state index contributed by atoms with van der Waals surface area (Å²) < 4.78 is 0. The van der Waals surface area contributed by atoms with E-state index in [1.165, 1.54) is 18.7 Å². The summed E-state index contributed by atoms with van der Waals surface area (Å²) in [4.78, 5) is 29.5. The smallest absolute Gasteiger partial charge is 0.254 e. The van der Waals surface area contributed by atoms with Crippen LogP contribution >= 0.6 is 0 Å². The molecule has 1 aliphatic heterocycles. The number of aromatic nitrogens is 4. The number of H-pyrrole nitrogens is 1. The lowest BCUT2D eigenvalue weighted by atomic mass is 9.98. The molecule has 0 aliphatic carbocycles. The predicted octanol–water partition coefficient (Wildman–Crippen LogP) is 0.842. The second-order valence-electron chi connectivity index (χ2n) is 5.62. The first-order valence-corrected chi connectivity index (χ1v) is 7.55. The number of amides is 1. The number of piperidine rings is 1. The van der Waals surface area contributed by atoms with Gasteiger partial charge in [-0.05, 0) is 25.3 Å². The van der Waals surface area contributed by atoms with Crippen molar-refractivity contribution in [2.75, 3.05) is 19.6 Å². The molecule has 0 aromatic carbocycles. The summed E-state index contributed by atoms with van der Waals surface area (Å²) >= 11 is 0. The van der Waals surface area contributed by atoms with E-state index in [0.717, 1.165) is 38.3 Å². The van der Waals surface area contributed by atoms with Gasteiger partial charge in [-0.2, -0.15) is 0 Å². The molecule has 0 radical (unpaired) electrons. The van der Waals surface area contributed by atoms with Crippen LogP contribution < -0.4 is 5.32 Å². The number of nitrogens with zero attached hydrogens (tertiary/aromatic N) is 4. The van der Waals surface area contributed by atoms with Gasteiger partial charge in [0.05, 0.1) is 12.1 Å². The van der Waals surface area contributed by atoms with Crippen molar-refractivity contribution in [1.29, 1.82) is 0 Å². The van der Waals surface area contributed by atoms with Crippen molar-refractivity contribution in [2.45, 2.75) is 19.4 Å². The van der Waals surface area contributed by atoms with Crippen LogP contribution in [0.15, 0.2) is 31.1 Å². The third-order valence-corrected chi connectivity index (χ3v) is 3.91. The summed E-state index contributed by atoms with van der Waals surface area (Å²) in [7, 11) is 0. The molecule has 1 aliphatic rings. The minimum absolute atomic E-state index is 0.108. The molecule has 22 heavy (non-hydrogen) atoms. The van der Waals surface area contributed by atoms with Crippen LogP contribution in [-0.4, -0.2) is 50.4 Å². The summed E-state index contributed by atoms with van der Waals surface area (Å²) in [5, 5.41) is 2.98. The Morgan fingerprint density at radius 3 is 3.05 bits per heavy atom. The Balaban J connectivity index is 1.47. The Morgan fingerprint density at radius 1 is 1.41 bits per heavy atom. The van der Waals surface area contributed by atoms with Crippen molar-refractivity contribution in [3.05, 3.63) is 42.5 Å². The number of rotatable bonds is 5. The standard InChI is InChI=1S/C15H20N6O/c22-15(13-7-16-11-17-8-13)20-6-12-2-1-5-21(9-12)10-14-18-3-4-19-14/h3-4,7-8,11-12H,1-2,5-6,9-10H2,(H,18,19)(H,20,22). The van der Waals surface area contributed by atoms with E-state index in [0.29, 0.717) is 18.0 Å². The lowest BCUT2D eigenvalue weighted by Crippen LogP contribution is -2.40. The van der Waals surface area contributed by atoms with Gasteiger partial charge < -0.3 is 10.3 Å². The molecule has 0 bridgehead atoms. The fraction of sp³-hybridized carbons (Fsp3) is 0.467. The molecule has 0 spiro atoms. The molecule has 1 unspecified atom stereocenters. The Labute approximate surface area is 129 Å². The number of nitrogens with one attached hydrogen (secondary N) is 2. The van der Waals surface area contributed by atoms with Gasteiger partial charge in [0.2, 0.25) is 0 Å². The summed E-state index contributed by atoms with van der Waals surface area (Å²) in [6.07, 6.45) is 10.4. The first-order valence-electron chi connectivity index (χ1n) is 7.55. The second-order valence-corrected chi connectivity index (χ2v) is 5.62. The summed E-state index contributed by atoms with van der Waals surface area (Å²) in [5.41, 5.74) is 0.505. The Hall–Kier alpha value is -2.28. The average molecular weight is 300 g/mol. The van der Waals surface area contributed by atoms with E-state index in [1.807, 2.05) is 6.20 Å². The fourth-order valence-corrected chi connectivity index (χ4v) is 2.81. The van der Waals surface area contributed by atoms with Gasteiger partial charge in [0.1, 0.15) is 12.2 Å². The largest absolute Gasteiger partial charge is 0.352 e. The molecule has 2 aromatic heterocycles. The Morgan fingerprint density at radius 2 is 2.27 bits per heavy atom. The monoisotopic (exact) mass is 300 g/mol. The van der Waals surface area contributed by atoms with E-state index in [4.69, 9.17) is 0 Å². The zero-order valence-electron chi connectivity index (χ0n) is 12.4. The first kappa shape index (κ1) is 14.6. The molecule has 1 saturated heterocycles. The van der Waals surface area contributed by atoms with Gasteiger partial charge in [0.25, 0.3) is 5.91 Å². The number of likely N-dealkylation sites (tertiary alicyclic amines) is 1. The van der Waals surface area contributed by atoms with E-state index >= 15 is 0 Å². The van der Waals surface area contributed by atoms with Gasteiger partial charge in [0.15, 0.2) is 0 Å². The highest BCUT2D eigenvalue weighted by Crippen LogP contribution is 2.17. The Bertz CT molecular complexity index is 585. The summed E-state index contributed by atoms with van der Waals surface area (Å²) in [6, 6.07) is 0. The van der Waals surface area contributed by atoms with E-state index in [-0.39, 0.29) is 5.91 Å². The van der Waals surface area contributed by atoms with Crippen LogP contribution in [0.1, 0.15) is 29.0 Å². The van der Waals surface area contributed by atoms with Gasteiger partial charge in [-0.3, -0.25) is 9.69 Å². The number of carbonyl (C=O) groups excluding carboxylic acids is 1. The van der Waals surface area contributed by atoms with Crippen molar-refractivity contribution in [2.24, 2.45) is 5.92 Å². The van der Waals surface area contributed by atoms with E-state index in [1.54, 1.807) is 6.20 Å². The highest BCUT2D eigenvalue weighted by atomic mass is 16.1. The molecular formula is C15H20N6O. The number of aromatic amines is 1. The van der Waals surface area contributed by atoms with Crippen LogP contribution in [0.4, 0.5) is 0 Å². The average Bonchev–Trinajstić information content (AvgIpc) is 3.07. The topological polar surface area (TPSA) is 86.8 Å². The minimum Gasteiger partial charge on any atom is -0.352 e. The molecule has 2 N–H and O–H groups in total. The van der Waals surface area contributed by atoms with Crippen molar-refractivity contribution in [3.8, 4) is 0 Å². The number of imidazole rings is 1. The summed E-state index contributed by atoms with van der Waals surface area (Å²) in [6.45, 7) is 3.58. The lowest BCUT2D eigenvalue weighted by Gasteiger charge is -2.32. The fourth-order valence-electron chi connectivity index (χ4n) is 2.81. The molecule has 7 nitrogen and oxygen atoms in total. The summed E-state index contributed by atoms with van der Waals surface area (Å²) in [5.74, 6) is 1.35. The predicted molar refractivity (Wildman–Crippen MR) is 81.0 cm³/mol. The lowest BCUT2D eigenvalue weighted by molar-refractivity contribution is 0.0929. The van der Waals surface area contributed by atoms with Gasteiger partial charge in [-0.1, -0.05) is 0 Å². The molecule has 0 saturated carbocycles. The number of hydrogen-bond donors (Lipinski definition) is 2. The zero-order valence-corrected chi connectivity index (χ0v) is 12.4. The molecule has 3 rings (SSSR count). The van der Waals surface area contributed by atoms with Crippen molar-refractivity contribution in [3.63, 3.8) is 0 Å². The van der Waals surface area contributed by atoms with Crippen molar-refractivity contribution < 1.29 is 4.79 Å². The van der Waals surface area contributed by atoms with Crippen LogP contribution in [0.3, 0.4) is 0 Å². The highest BCUT2D eigenvalue weighted by molar-refractivity contribution is 5.93. The van der Waals surface area contributed by atoms with Gasteiger partial charge >= 0.3 is 0 Å². The maximum Gasteiger partial charge on any atom is 0.254 e. The molecule has 1 fully saturated rings. The number of hydrogen-bond acceptors (Lipinski definition) is 5. The van der Waals surface area contributed by atoms with Crippen LogP contribution in [0, 0.1) is 5.92 Å². The first-order chi connectivity index (χ1) is 10.8. The Kier molecular flexibility index (Phi) is 4.75. The van der Waals surface area contributed by atoms with Gasteiger partial charge in [-0.15, -0.1) is 0 Å². The normalized spacial score (nSPS) is 19.0. The molecule has 1 atom stereocenters. The molecule has 7 heteroatoms. The van der Waals surface area contributed by atoms with Gasteiger partial charge in [0, 0.05) is 37.9 Å².